The maximum atomic E-state index is 5.74. The van der Waals surface area contributed by atoms with Crippen molar-refractivity contribution in [3.63, 3.8) is 0 Å². The van der Waals surface area contributed by atoms with Crippen molar-refractivity contribution in [1.29, 1.82) is 0 Å². The van der Waals surface area contributed by atoms with E-state index in [1.54, 1.807) is 7.11 Å². The molecule has 1 aliphatic heterocycles. The van der Waals surface area contributed by atoms with Gasteiger partial charge >= 0.3 is 0 Å². The summed E-state index contributed by atoms with van der Waals surface area (Å²) >= 11 is 0. The van der Waals surface area contributed by atoms with Crippen LogP contribution in [0.15, 0.2) is 29.3 Å². The largest absolute Gasteiger partial charge is 0.491 e. The first-order valence-electron chi connectivity index (χ1n) is 11.7. The number of rotatable bonds is 14. The van der Waals surface area contributed by atoms with Crippen LogP contribution in [0, 0.1) is 5.92 Å². The molecule has 0 bridgehead atoms. The summed E-state index contributed by atoms with van der Waals surface area (Å²) in [5.74, 6) is 2.33. The Hall–Kier alpha value is -1.10. The molecule has 1 fully saturated rings. The first-order chi connectivity index (χ1) is 15.1. The third-order valence-corrected chi connectivity index (χ3v) is 5.10. The first-order valence-corrected chi connectivity index (χ1v) is 11.7. The number of aliphatic imine (C=N–C) groups is 1. The lowest BCUT2D eigenvalue weighted by molar-refractivity contribution is 0.0699. The molecule has 2 N–H and O–H groups in total. The predicted molar refractivity (Wildman–Crippen MR) is 144 cm³/mol. The molecule has 0 spiro atoms. The van der Waals surface area contributed by atoms with Gasteiger partial charge < -0.3 is 29.7 Å². The second-order valence-corrected chi connectivity index (χ2v) is 8.35. The third kappa shape index (κ3) is 12.2. The van der Waals surface area contributed by atoms with E-state index in [0.29, 0.717) is 25.7 Å². The minimum Gasteiger partial charge on any atom is -0.491 e. The van der Waals surface area contributed by atoms with Gasteiger partial charge in [0.15, 0.2) is 5.96 Å². The second kappa shape index (κ2) is 17.4. The van der Waals surface area contributed by atoms with Crippen LogP contribution in [0.4, 0.5) is 5.69 Å². The van der Waals surface area contributed by atoms with Gasteiger partial charge in [0.2, 0.25) is 0 Å². The lowest BCUT2D eigenvalue weighted by Gasteiger charge is -2.16. The van der Waals surface area contributed by atoms with Crippen molar-refractivity contribution in [1.82, 2.24) is 10.2 Å². The van der Waals surface area contributed by atoms with Gasteiger partial charge in [0.1, 0.15) is 5.75 Å². The number of benzene rings is 1. The number of hydrogen-bond donors (Lipinski definition) is 2. The Morgan fingerprint density at radius 3 is 2.66 bits per heavy atom. The molecule has 8 heteroatoms. The highest BCUT2D eigenvalue weighted by Crippen LogP contribution is 2.18. The zero-order valence-corrected chi connectivity index (χ0v) is 22.6. The molecule has 0 radical (unpaired) electrons. The van der Waals surface area contributed by atoms with Crippen molar-refractivity contribution < 1.29 is 14.2 Å². The van der Waals surface area contributed by atoms with Gasteiger partial charge in [-0.05, 0) is 76.4 Å². The number of guanidine groups is 1. The van der Waals surface area contributed by atoms with E-state index in [1.807, 2.05) is 38.1 Å². The monoisotopic (exact) mass is 562 g/mol. The highest BCUT2D eigenvalue weighted by atomic mass is 127. The number of hydrogen-bond acceptors (Lipinski definition) is 5. The summed E-state index contributed by atoms with van der Waals surface area (Å²) in [6, 6.07) is 8.04. The van der Waals surface area contributed by atoms with E-state index < -0.39 is 0 Å². The minimum absolute atomic E-state index is 0. The van der Waals surface area contributed by atoms with Crippen LogP contribution in [0.3, 0.4) is 0 Å². The summed E-state index contributed by atoms with van der Waals surface area (Å²) in [5.41, 5.74) is 0.998. The van der Waals surface area contributed by atoms with Crippen molar-refractivity contribution in [2.75, 3.05) is 65.0 Å². The zero-order valence-electron chi connectivity index (χ0n) is 20.3. The van der Waals surface area contributed by atoms with Crippen LogP contribution in [0.5, 0.6) is 5.75 Å². The van der Waals surface area contributed by atoms with Gasteiger partial charge in [0.25, 0.3) is 0 Å². The Labute approximate surface area is 211 Å². The molecular formula is C24H43IN4O3. The number of nitrogens with one attached hydrogen (secondary N) is 2. The fourth-order valence-electron chi connectivity index (χ4n) is 3.59. The number of methoxy groups -OCH3 is 1. The fourth-order valence-corrected chi connectivity index (χ4v) is 3.59. The van der Waals surface area contributed by atoms with Gasteiger partial charge in [-0.2, -0.15) is 0 Å². The fraction of sp³-hybridized carbons (Fsp3) is 0.708. The lowest BCUT2D eigenvalue weighted by atomic mass is 10.1. The van der Waals surface area contributed by atoms with Crippen LogP contribution in [0.1, 0.15) is 40.0 Å². The highest BCUT2D eigenvalue weighted by molar-refractivity contribution is 14.0. The molecule has 32 heavy (non-hydrogen) atoms. The van der Waals surface area contributed by atoms with E-state index in [0.717, 1.165) is 43.5 Å². The maximum Gasteiger partial charge on any atom is 0.195 e. The van der Waals surface area contributed by atoms with Crippen LogP contribution in [0.25, 0.3) is 0 Å². The number of nitrogens with zero attached hydrogens (tertiary/aromatic N) is 2. The Morgan fingerprint density at radius 2 is 1.97 bits per heavy atom. The van der Waals surface area contributed by atoms with Gasteiger partial charge in [-0.15, -0.1) is 24.0 Å². The van der Waals surface area contributed by atoms with Crippen molar-refractivity contribution in [2.24, 2.45) is 10.9 Å². The summed E-state index contributed by atoms with van der Waals surface area (Å²) in [7, 11) is 1.69. The van der Waals surface area contributed by atoms with E-state index in [4.69, 9.17) is 19.2 Å². The second-order valence-electron chi connectivity index (χ2n) is 8.35. The van der Waals surface area contributed by atoms with E-state index >= 15 is 0 Å². The van der Waals surface area contributed by atoms with Gasteiger partial charge in [0.05, 0.1) is 19.3 Å². The van der Waals surface area contributed by atoms with Crippen LogP contribution in [0.2, 0.25) is 0 Å². The molecule has 1 heterocycles. The molecule has 1 saturated heterocycles. The average Bonchev–Trinajstić information content (AvgIpc) is 3.20. The number of likely N-dealkylation sites (tertiary alicyclic amines) is 1. The van der Waals surface area contributed by atoms with Crippen LogP contribution in [-0.2, 0) is 9.47 Å². The SMILES string of the molecule is CCCN1CCC(CN=C(NCCCOCCOC)Nc2ccc(OC(C)C)cc2)C1.I. The van der Waals surface area contributed by atoms with Crippen molar-refractivity contribution in [3.8, 4) is 5.75 Å². The van der Waals surface area contributed by atoms with Crippen LogP contribution < -0.4 is 15.4 Å². The molecule has 1 aliphatic rings. The topological polar surface area (TPSA) is 67.4 Å². The molecule has 0 saturated carbocycles. The molecule has 184 valence electrons. The molecule has 0 amide bonds. The summed E-state index contributed by atoms with van der Waals surface area (Å²) in [4.78, 5) is 7.44. The summed E-state index contributed by atoms with van der Waals surface area (Å²) in [6.45, 7) is 13.5. The molecule has 1 atom stereocenters. The standard InChI is InChI=1S/C24H42N4O3.HI/c1-5-13-28-14-11-21(19-28)18-26-24(25-12-6-15-30-17-16-29-4)27-22-7-9-23(10-8-22)31-20(2)3;/h7-10,20-21H,5-6,11-19H2,1-4H3,(H2,25,26,27);1H. The molecule has 0 aliphatic carbocycles. The normalized spacial score (nSPS) is 16.8. The molecule has 1 unspecified atom stereocenters. The van der Waals surface area contributed by atoms with Crippen molar-refractivity contribution >= 4 is 35.6 Å². The Kier molecular flexibility index (Phi) is 15.7. The third-order valence-electron chi connectivity index (χ3n) is 5.10. The van der Waals surface area contributed by atoms with Gasteiger partial charge in [0, 0.05) is 39.0 Å². The quantitative estimate of drug-likeness (QED) is 0.153. The van der Waals surface area contributed by atoms with Gasteiger partial charge in [-0.3, -0.25) is 4.99 Å². The summed E-state index contributed by atoms with van der Waals surface area (Å²) < 4.78 is 16.3. The zero-order chi connectivity index (χ0) is 22.3. The highest BCUT2D eigenvalue weighted by Gasteiger charge is 2.21. The van der Waals surface area contributed by atoms with E-state index in [-0.39, 0.29) is 30.1 Å². The summed E-state index contributed by atoms with van der Waals surface area (Å²) in [5, 5.41) is 6.89. The molecule has 1 aromatic rings. The van der Waals surface area contributed by atoms with E-state index in [2.05, 4.69) is 22.5 Å². The summed E-state index contributed by atoms with van der Waals surface area (Å²) in [6.07, 6.45) is 3.53. The van der Waals surface area contributed by atoms with E-state index in [9.17, 15) is 0 Å². The molecule has 1 aromatic carbocycles. The first kappa shape index (κ1) is 28.9. The average molecular weight is 563 g/mol. The molecule has 0 aromatic heterocycles. The van der Waals surface area contributed by atoms with Gasteiger partial charge in [-0.1, -0.05) is 6.92 Å². The van der Waals surface area contributed by atoms with Crippen LogP contribution >= 0.6 is 24.0 Å². The van der Waals surface area contributed by atoms with E-state index in [1.165, 1.54) is 25.9 Å². The Morgan fingerprint density at radius 1 is 1.19 bits per heavy atom. The number of halogens is 1. The number of anilines is 1. The predicted octanol–water partition coefficient (Wildman–Crippen LogP) is 4.23. The van der Waals surface area contributed by atoms with Crippen LogP contribution in [-0.4, -0.2) is 76.6 Å². The number of ether oxygens (including phenoxy) is 3. The minimum atomic E-state index is 0. The Bertz CT molecular complexity index is 628. The smallest absolute Gasteiger partial charge is 0.195 e. The maximum absolute atomic E-state index is 5.74. The molecular weight excluding hydrogens is 519 g/mol. The van der Waals surface area contributed by atoms with Crippen molar-refractivity contribution in [3.05, 3.63) is 24.3 Å². The van der Waals surface area contributed by atoms with Gasteiger partial charge in [-0.25, -0.2) is 0 Å². The Balaban J connectivity index is 0.00000512. The lowest BCUT2D eigenvalue weighted by Crippen LogP contribution is -2.33. The molecule has 7 nitrogen and oxygen atoms in total. The van der Waals surface area contributed by atoms with Crippen molar-refractivity contribution in [2.45, 2.75) is 46.1 Å². The molecule has 2 rings (SSSR count).